The summed E-state index contributed by atoms with van der Waals surface area (Å²) in [5, 5.41) is 11.3. The third-order valence-corrected chi connectivity index (χ3v) is 8.82. The van der Waals surface area contributed by atoms with Gasteiger partial charge in [-0.25, -0.2) is 14.1 Å². The first-order chi connectivity index (χ1) is 22.9. The SMILES string of the molecule is C=CCn1c(N2CCCN(CCC(CN(C)C(=O)c3cc(-n4cnnn4)ccc3OC)c3ccc(F)cc3)CC2)nc2ccccc21. The molecule has 6 rings (SSSR count). The zero-order chi connectivity index (χ0) is 32.8. The largest absolute Gasteiger partial charge is 0.496 e. The average molecular weight is 638 g/mol. The summed E-state index contributed by atoms with van der Waals surface area (Å²) in [4.78, 5) is 25.4. The van der Waals surface area contributed by atoms with Gasteiger partial charge in [-0.1, -0.05) is 30.3 Å². The first-order valence-electron chi connectivity index (χ1n) is 15.9. The molecule has 1 saturated heterocycles. The minimum absolute atomic E-state index is 0.00520. The van der Waals surface area contributed by atoms with Gasteiger partial charge in [0.05, 0.1) is 29.4 Å². The lowest BCUT2D eigenvalue weighted by molar-refractivity contribution is 0.0779. The molecule has 0 spiro atoms. The van der Waals surface area contributed by atoms with Gasteiger partial charge in [0.15, 0.2) is 0 Å². The van der Waals surface area contributed by atoms with Crippen LogP contribution in [0.15, 0.2) is 85.7 Å². The van der Waals surface area contributed by atoms with E-state index in [4.69, 9.17) is 9.72 Å². The molecule has 12 heteroatoms. The van der Waals surface area contributed by atoms with E-state index in [0.29, 0.717) is 30.1 Å². The van der Waals surface area contributed by atoms with Gasteiger partial charge in [0.2, 0.25) is 5.95 Å². The topological polar surface area (TPSA) is 97.4 Å². The number of nitrogens with zero attached hydrogens (tertiary/aromatic N) is 9. The number of benzene rings is 3. The second kappa shape index (κ2) is 14.5. The van der Waals surface area contributed by atoms with E-state index >= 15 is 0 Å². The third kappa shape index (κ3) is 7.17. The van der Waals surface area contributed by atoms with Gasteiger partial charge in [0.1, 0.15) is 17.9 Å². The molecule has 3 aromatic carbocycles. The number of allylic oxidation sites excluding steroid dienone is 1. The van der Waals surface area contributed by atoms with E-state index in [1.54, 1.807) is 37.3 Å². The molecule has 244 valence electrons. The van der Waals surface area contributed by atoms with Crippen LogP contribution >= 0.6 is 0 Å². The Labute approximate surface area is 273 Å². The molecule has 3 heterocycles. The number of tetrazole rings is 1. The second-order valence-electron chi connectivity index (χ2n) is 11.8. The number of carbonyl (C=O) groups excluding carboxylic acids is 1. The van der Waals surface area contributed by atoms with Crippen molar-refractivity contribution in [2.45, 2.75) is 25.3 Å². The van der Waals surface area contributed by atoms with Crippen LogP contribution in [0.5, 0.6) is 5.75 Å². The van der Waals surface area contributed by atoms with Crippen LogP contribution in [0.1, 0.15) is 34.7 Å². The van der Waals surface area contributed by atoms with Crippen LogP contribution in [0.4, 0.5) is 10.3 Å². The normalized spacial score (nSPS) is 14.6. The summed E-state index contributed by atoms with van der Waals surface area (Å²) >= 11 is 0. The van der Waals surface area contributed by atoms with E-state index < -0.39 is 0 Å². The Morgan fingerprint density at radius 1 is 1.09 bits per heavy atom. The molecule has 1 amide bonds. The Morgan fingerprint density at radius 3 is 2.68 bits per heavy atom. The lowest BCUT2D eigenvalue weighted by Gasteiger charge is -2.28. The van der Waals surface area contributed by atoms with Crippen LogP contribution in [0.2, 0.25) is 0 Å². The fourth-order valence-corrected chi connectivity index (χ4v) is 6.35. The standard InChI is InChI=1S/C35H40FN9O2/c1-4-17-44-32-9-6-5-8-31(32)38-35(44)43-19-7-18-42(21-22-43)20-16-27(26-10-12-28(36)13-11-26)24-41(2)34(46)30-23-29(14-15-33(30)47-3)45-25-37-39-40-45/h4-6,8-15,23,25,27H,1,7,16-22,24H2,2-3H3. The summed E-state index contributed by atoms with van der Waals surface area (Å²) in [6, 6.07) is 20.1. The minimum atomic E-state index is -0.281. The summed E-state index contributed by atoms with van der Waals surface area (Å²) in [5.41, 5.74) is 4.17. The Balaban J connectivity index is 1.15. The molecule has 1 unspecified atom stereocenters. The van der Waals surface area contributed by atoms with E-state index in [0.717, 1.165) is 68.1 Å². The number of hydrogen-bond donors (Lipinski definition) is 0. The Kier molecular flexibility index (Phi) is 9.86. The quantitative estimate of drug-likeness (QED) is 0.180. The van der Waals surface area contributed by atoms with Gasteiger partial charge in [0.25, 0.3) is 5.91 Å². The summed E-state index contributed by atoms with van der Waals surface area (Å²) in [7, 11) is 3.34. The van der Waals surface area contributed by atoms with Crippen molar-refractivity contribution in [3.05, 3.63) is 103 Å². The zero-order valence-corrected chi connectivity index (χ0v) is 26.9. The molecule has 1 atom stereocenters. The smallest absolute Gasteiger partial charge is 0.257 e. The summed E-state index contributed by atoms with van der Waals surface area (Å²) in [6.07, 6.45) is 5.21. The highest BCUT2D eigenvalue weighted by molar-refractivity contribution is 5.97. The molecule has 2 aromatic heterocycles. The predicted octanol–water partition coefficient (Wildman–Crippen LogP) is 4.80. The molecule has 47 heavy (non-hydrogen) atoms. The zero-order valence-electron chi connectivity index (χ0n) is 26.9. The van der Waals surface area contributed by atoms with Gasteiger partial charge < -0.3 is 24.0 Å². The number of halogens is 1. The lowest BCUT2D eigenvalue weighted by atomic mass is 9.94. The van der Waals surface area contributed by atoms with Gasteiger partial charge in [-0.15, -0.1) is 11.7 Å². The Bertz CT molecular complexity index is 1810. The van der Waals surface area contributed by atoms with E-state index in [1.165, 1.54) is 23.1 Å². The van der Waals surface area contributed by atoms with Crippen molar-refractivity contribution in [3.8, 4) is 11.4 Å². The number of likely N-dealkylation sites (N-methyl/N-ethyl adjacent to an activating group) is 1. The molecule has 0 bridgehead atoms. The van der Waals surface area contributed by atoms with Crippen molar-refractivity contribution in [2.24, 2.45) is 0 Å². The van der Waals surface area contributed by atoms with Crippen molar-refractivity contribution in [2.75, 3.05) is 58.3 Å². The number of methoxy groups -OCH3 is 1. The minimum Gasteiger partial charge on any atom is -0.496 e. The maximum absolute atomic E-state index is 13.9. The second-order valence-corrected chi connectivity index (χ2v) is 11.8. The molecule has 0 N–H and O–H groups in total. The predicted molar refractivity (Wildman–Crippen MR) is 180 cm³/mol. The molecule has 0 saturated carbocycles. The van der Waals surface area contributed by atoms with E-state index in [-0.39, 0.29) is 17.6 Å². The average Bonchev–Trinajstić information content (AvgIpc) is 3.70. The van der Waals surface area contributed by atoms with Gasteiger partial charge in [-0.3, -0.25) is 4.79 Å². The maximum atomic E-state index is 13.9. The summed E-state index contributed by atoms with van der Waals surface area (Å²) in [5.74, 6) is 0.979. The number of hydrogen-bond acceptors (Lipinski definition) is 8. The first kappa shape index (κ1) is 31.9. The number of rotatable bonds is 12. The first-order valence-corrected chi connectivity index (χ1v) is 15.9. The lowest BCUT2D eigenvalue weighted by Crippen LogP contribution is -2.35. The van der Waals surface area contributed by atoms with E-state index in [9.17, 15) is 9.18 Å². The van der Waals surface area contributed by atoms with Crippen LogP contribution < -0.4 is 9.64 Å². The number of ether oxygens (including phenoxy) is 1. The van der Waals surface area contributed by atoms with Gasteiger partial charge in [-0.2, -0.15) is 0 Å². The molecule has 1 aliphatic heterocycles. The van der Waals surface area contributed by atoms with Gasteiger partial charge >= 0.3 is 0 Å². The molecule has 1 fully saturated rings. The van der Waals surface area contributed by atoms with Crippen LogP contribution in [-0.4, -0.2) is 98.9 Å². The molecule has 5 aromatic rings. The van der Waals surface area contributed by atoms with Crippen molar-refractivity contribution in [3.63, 3.8) is 0 Å². The molecule has 1 aliphatic rings. The highest BCUT2D eigenvalue weighted by Gasteiger charge is 2.25. The number of carbonyl (C=O) groups is 1. The molecule has 0 radical (unpaired) electrons. The Hall–Kier alpha value is -5.10. The molecule has 11 nitrogen and oxygen atoms in total. The van der Waals surface area contributed by atoms with Crippen molar-refractivity contribution in [1.82, 2.24) is 39.6 Å². The van der Waals surface area contributed by atoms with E-state index in [1.807, 2.05) is 30.3 Å². The highest BCUT2D eigenvalue weighted by atomic mass is 19.1. The number of fused-ring (bicyclic) bond motifs is 1. The summed E-state index contributed by atoms with van der Waals surface area (Å²) in [6.45, 7) is 9.60. The summed E-state index contributed by atoms with van der Waals surface area (Å²) < 4.78 is 23.2. The van der Waals surface area contributed by atoms with Crippen molar-refractivity contribution in [1.29, 1.82) is 0 Å². The fourth-order valence-electron chi connectivity index (χ4n) is 6.35. The molecule has 0 aliphatic carbocycles. The number of imidazole rings is 1. The van der Waals surface area contributed by atoms with Crippen LogP contribution in [0.3, 0.4) is 0 Å². The van der Waals surface area contributed by atoms with Gasteiger partial charge in [0, 0.05) is 45.7 Å². The highest BCUT2D eigenvalue weighted by Crippen LogP contribution is 2.28. The third-order valence-electron chi connectivity index (χ3n) is 8.82. The van der Waals surface area contributed by atoms with Crippen LogP contribution in [-0.2, 0) is 6.54 Å². The monoisotopic (exact) mass is 637 g/mol. The molecular weight excluding hydrogens is 597 g/mol. The molecular formula is C35H40FN9O2. The number of aromatic nitrogens is 6. The van der Waals surface area contributed by atoms with Crippen LogP contribution in [0, 0.1) is 5.82 Å². The van der Waals surface area contributed by atoms with Crippen molar-refractivity contribution >= 4 is 22.9 Å². The maximum Gasteiger partial charge on any atom is 0.257 e. The number of amides is 1. The van der Waals surface area contributed by atoms with Crippen LogP contribution in [0.25, 0.3) is 16.7 Å². The Morgan fingerprint density at radius 2 is 1.91 bits per heavy atom. The van der Waals surface area contributed by atoms with Gasteiger partial charge in [-0.05, 0) is 84.4 Å². The number of para-hydroxylation sites is 2. The van der Waals surface area contributed by atoms with E-state index in [2.05, 4.69) is 48.6 Å². The van der Waals surface area contributed by atoms with Crippen molar-refractivity contribution < 1.29 is 13.9 Å². The fraction of sp³-hybridized carbons (Fsp3) is 0.343. The number of anilines is 1.